The molecule has 1 atom stereocenters. The van der Waals surface area contributed by atoms with E-state index in [0.29, 0.717) is 31.7 Å². The van der Waals surface area contributed by atoms with Crippen molar-refractivity contribution in [2.24, 2.45) is 5.92 Å². The van der Waals surface area contributed by atoms with Gasteiger partial charge in [0.2, 0.25) is 5.91 Å². The van der Waals surface area contributed by atoms with E-state index in [1.807, 2.05) is 12.1 Å². The molecule has 116 valence electrons. The number of aryl methyl sites for hydroxylation is 1. The zero-order valence-corrected chi connectivity index (χ0v) is 12.5. The summed E-state index contributed by atoms with van der Waals surface area (Å²) in [4.78, 5) is 26.2. The normalized spacial score (nSPS) is 11.9. The van der Waals surface area contributed by atoms with Crippen molar-refractivity contribution in [1.82, 2.24) is 10.3 Å². The zero-order chi connectivity index (χ0) is 15.5. The Bertz CT molecular complexity index is 434. The van der Waals surface area contributed by atoms with Crippen molar-refractivity contribution < 1.29 is 14.7 Å². The predicted octanol–water partition coefficient (Wildman–Crippen LogP) is 2.41. The Morgan fingerprint density at radius 3 is 2.57 bits per heavy atom. The largest absolute Gasteiger partial charge is 0.481 e. The van der Waals surface area contributed by atoms with Gasteiger partial charge in [0.1, 0.15) is 0 Å². The lowest BCUT2D eigenvalue weighted by molar-refractivity contribution is -0.137. The molecule has 5 nitrogen and oxygen atoms in total. The Balaban J connectivity index is 2.16. The van der Waals surface area contributed by atoms with Gasteiger partial charge in [0.15, 0.2) is 0 Å². The molecule has 0 aliphatic carbocycles. The molecule has 1 heterocycles. The fourth-order valence-corrected chi connectivity index (χ4v) is 2.19. The minimum Gasteiger partial charge on any atom is -0.481 e. The Kier molecular flexibility index (Phi) is 8.09. The number of amides is 1. The summed E-state index contributed by atoms with van der Waals surface area (Å²) in [7, 11) is 0. The van der Waals surface area contributed by atoms with Crippen LogP contribution in [0.15, 0.2) is 24.5 Å². The summed E-state index contributed by atoms with van der Waals surface area (Å²) in [6.07, 6.45) is 7.29. The van der Waals surface area contributed by atoms with Crippen LogP contribution in [0.4, 0.5) is 0 Å². The first-order chi connectivity index (χ1) is 10.1. The van der Waals surface area contributed by atoms with E-state index >= 15 is 0 Å². The first-order valence-electron chi connectivity index (χ1n) is 7.49. The molecule has 0 spiro atoms. The van der Waals surface area contributed by atoms with Gasteiger partial charge < -0.3 is 10.4 Å². The summed E-state index contributed by atoms with van der Waals surface area (Å²) >= 11 is 0. The molecule has 1 amide bonds. The van der Waals surface area contributed by atoms with E-state index in [0.717, 1.165) is 18.4 Å². The van der Waals surface area contributed by atoms with Crippen molar-refractivity contribution in [3.63, 3.8) is 0 Å². The zero-order valence-electron chi connectivity index (χ0n) is 12.5. The summed E-state index contributed by atoms with van der Waals surface area (Å²) in [6, 6.07) is 3.82. The third-order valence-electron chi connectivity index (χ3n) is 3.61. The van der Waals surface area contributed by atoms with Crippen LogP contribution in [0.3, 0.4) is 0 Å². The number of pyridine rings is 1. The maximum absolute atomic E-state index is 11.7. The molecule has 21 heavy (non-hydrogen) atoms. The highest BCUT2D eigenvalue weighted by Crippen LogP contribution is 2.14. The quantitative estimate of drug-likeness (QED) is 0.694. The second-order valence-corrected chi connectivity index (χ2v) is 5.20. The van der Waals surface area contributed by atoms with Crippen molar-refractivity contribution >= 4 is 11.9 Å². The summed E-state index contributed by atoms with van der Waals surface area (Å²) in [5.74, 6) is -0.351. The molecule has 1 aromatic heterocycles. The minimum absolute atomic E-state index is 0.0416. The van der Waals surface area contributed by atoms with E-state index in [9.17, 15) is 9.59 Å². The predicted molar refractivity (Wildman–Crippen MR) is 80.8 cm³/mol. The highest BCUT2D eigenvalue weighted by Gasteiger charge is 2.09. The monoisotopic (exact) mass is 292 g/mol. The molecule has 0 aliphatic heterocycles. The molecule has 2 N–H and O–H groups in total. The van der Waals surface area contributed by atoms with Crippen LogP contribution in [0, 0.1) is 5.92 Å². The van der Waals surface area contributed by atoms with E-state index in [1.54, 1.807) is 12.4 Å². The lowest BCUT2D eigenvalue weighted by Gasteiger charge is -2.14. The van der Waals surface area contributed by atoms with Crippen LogP contribution in [-0.4, -0.2) is 28.5 Å². The lowest BCUT2D eigenvalue weighted by Crippen LogP contribution is -2.26. The first-order valence-corrected chi connectivity index (χ1v) is 7.49. The van der Waals surface area contributed by atoms with Crippen molar-refractivity contribution in [1.29, 1.82) is 0 Å². The van der Waals surface area contributed by atoms with Crippen LogP contribution in [-0.2, 0) is 16.0 Å². The third kappa shape index (κ3) is 8.07. The van der Waals surface area contributed by atoms with Gasteiger partial charge >= 0.3 is 5.97 Å². The lowest BCUT2D eigenvalue weighted by atomic mass is 9.96. The van der Waals surface area contributed by atoms with E-state index in [-0.39, 0.29) is 12.3 Å². The van der Waals surface area contributed by atoms with Gasteiger partial charge in [-0.3, -0.25) is 14.6 Å². The summed E-state index contributed by atoms with van der Waals surface area (Å²) in [5, 5.41) is 11.6. The molecule has 0 aliphatic rings. The summed E-state index contributed by atoms with van der Waals surface area (Å²) in [5.41, 5.74) is 1.10. The number of rotatable bonds is 10. The average Bonchev–Trinajstić information content (AvgIpc) is 2.49. The van der Waals surface area contributed by atoms with Crippen molar-refractivity contribution in [2.45, 2.75) is 45.4 Å². The molecule has 0 fully saturated rings. The maximum Gasteiger partial charge on any atom is 0.303 e. The molecule has 0 radical (unpaired) electrons. The molecule has 5 heteroatoms. The van der Waals surface area contributed by atoms with Crippen LogP contribution < -0.4 is 5.32 Å². The summed E-state index contributed by atoms with van der Waals surface area (Å²) < 4.78 is 0. The highest BCUT2D eigenvalue weighted by atomic mass is 16.4. The number of carbonyl (C=O) groups excluding carboxylic acids is 1. The molecule has 0 saturated heterocycles. The number of hydrogen-bond acceptors (Lipinski definition) is 3. The molecule has 1 aromatic rings. The van der Waals surface area contributed by atoms with Crippen molar-refractivity contribution in [3.05, 3.63) is 30.1 Å². The molecule has 0 bridgehead atoms. The molecular formula is C16H24N2O3. The standard InChI is InChI=1S/C16H24N2O3/c1-2-13(4-6-16(20)21)9-12-18-15(19)5-3-14-7-10-17-11-8-14/h7-8,10-11,13H,2-6,9,12H2,1H3,(H,18,19)(H,20,21). The SMILES string of the molecule is CCC(CCNC(=O)CCc1ccncc1)CCC(=O)O. The van der Waals surface area contributed by atoms with E-state index in [1.165, 1.54) is 0 Å². The van der Waals surface area contributed by atoms with Crippen LogP contribution in [0.25, 0.3) is 0 Å². The topological polar surface area (TPSA) is 79.3 Å². The number of carbonyl (C=O) groups is 2. The number of carboxylic acids is 1. The first kappa shape index (κ1) is 17.1. The van der Waals surface area contributed by atoms with Crippen LogP contribution >= 0.6 is 0 Å². The smallest absolute Gasteiger partial charge is 0.303 e. The van der Waals surface area contributed by atoms with Gasteiger partial charge in [-0.05, 0) is 42.9 Å². The molecule has 1 unspecified atom stereocenters. The van der Waals surface area contributed by atoms with E-state index in [2.05, 4.69) is 17.2 Å². The number of aromatic nitrogens is 1. The molecule has 0 saturated carbocycles. The van der Waals surface area contributed by atoms with Crippen LogP contribution in [0.1, 0.15) is 44.6 Å². The molecule has 0 aromatic carbocycles. The van der Waals surface area contributed by atoms with Gasteiger partial charge in [-0.15, -0.1) is 0 Å². The fourth-order valence-electron chi connectivity index (χ4n) is 2.19. The van der Waals surface area contributed by atoms with Gasteiger partial charge in [0.05, 0.1) is 0 Å². The fraction of sp³-hybridized carbons (Fsp3) is 0.562. The second kappa shape index (κ2) is 9.91. The highest BCUT2D eigenvalue weighted by molar-refractivity contribution is 5.76. The Hall–Kier alpha value is -1.91. The van der Waals surface area contributed by atoms with Crippen LogP contribution in [0.5, 0.6) is 0 Å². The maximum atomic E-state index is 11.7. The Morgan fingerprint density at radius 2 is 1.95 bits per heavy atom. The molecular weight excluding hydrogens is 268 g/mol. The van der Waals surface area contributed by atoms with Gasteiger partial charge in [-0.25, -0.2) is 0 Å². The average molecular weight is 292 g/mol. The summed E-state index contributed by atoms with van der Waals surface area (Å²) in [6.45, 7) is 2.67. The van der Waals surface area contributed by atoms with E-state index in [4.69, 9.17) is 5.11 Å². The second-order valence-electron chi connectivity index (χ2n) is 5.20. The number of carboxylic acid groups (broad SMARTS) is 1. The van der Waals surface area contributed by atoms with E-state index < -0.39 is 5.97 Å². The molecule has 1 rings (SSSR count). The Morgan fingerprint density at radius 1 is 1.24 bits per heavy atom. The van der Waals surface area contributed by atoms with Gasteiger partial charge in [0.25, 0.3) is 0 Å². The third-order valence-corrected chi connectivity index (χ3v) is 3.61. The number of nitrogens with zero attached hydrogens (tertiary/aromatic N) is 1. The van der Waals surface area contributed by atoms with Crippen molar-refractivity contribution in [3.8, 4) is 0 Å². The van der Waals surface area contributed by atoms with Gasteiger partial charge in [-0.2, -0.15) is 0 Å². The Labute approximate surface area is 125 Å². The van der Waals surface area contributed by atoms with Gasteiger partial charge in [-0.1, -0.05) is 13.3 Å². The number of nitrogens with one attached hydrogen (secondary N) is 1. The number of hydrogen-bond donors (Lipinski definition) is 2. The van der Waals surface area contributed by atoms with Crippen molar-refractivity contribution in [2.75, 3.05) is 6.54 Å². The minimum atomic E-state index is -0.755. The van der Waals surface area contributed by atoms with Crippen LogP contribution in [0.2, 0.25) is 0 Å². The van der Waals surface area contributed by atoms with Gasteiger partial charge in [0, 0.05) is 31.8 Å². The number of aliphatic carboxylic acids is 1.